The van der Waals surface area contributed by atoms with Crippen LogP contribution in [0.3, 0.4) is 0 Å². The number of aryl methyl sites for hydroxylation is 2. The van der Waals surface area contributed by atoms with Crippen molar-refractivity contribution >= 4 is 11.6 Å². The molecule has 1 aliphatic rings. The molecule has 1 fully saturated rings. The average molecular weight is 465 g/mol. The molecule has 1 N–H and O–H groups in total. The maximum atomic E-state index is 13.1. The molecule has 0 bridgehead atoms. The van der Waals surface area contributed by atoms with Crippen molar-refractivity contribution in [2.24, 2.45) is 0 Å². The molecular weight excluding hydrogens is 435 g/mol. The zero-order valence-corrected chi connectivity index (χ0v) is 20.4. The Morgan fingerprint density at radius 2 is 1.62 bits per heavy atom. The van der Waals surface area contributed by atoms with Crippen molar-refractivity contribution in [2.75, 3.05) is 25.0 Å². The summed E-state index contributed by atoms with van der Waals surface area (Å²) in [6, 6.07) is 16.4. The molecule has 1 radical (unpaired) electrons. The van der Waals surface area contributed by atoms with Gasteiger partial charge in [0.05, 0.1) is 24.7 Å². The summed E-state index contributed by atoms with van der Waals surface area (Å²) < 4.78 is 0.824. The summed E-state index contributed by atoms with van der Waals surface area (Å²) >= 11 is 0. The fourth-order valence-corrected chi connectivity index (χ4v) is 4.41. The van der Waals surface area contributed by atoms with Crippen molar-refractivity contribution < 1.29 is 42.0 Å². The van der Waals surface area contributed by atoms with Crippen LogP contribution >= 0.6 is 0 Å². The van der Waals surface area contributed by atoms with E-state index in [1.165, 1.54) is 31.2 Å². The number of quaternary nitrogens is 1. The summed E-state index contributed by atoms with van der Waals surface area (Å²) in [6.07, 6.45) is 4.86. The first-order valence-electron chi connectivity index (χ1n) is 10.2. The molecule has 1 heterocycles. The van der Waals surface area contributed by atoms with Crippen LogP contribution in [-0.2, 0) is 44.0 Å². The Morgan fingerprint density at radius 3 is 2.17 bits per heavy atom. The van der Waals surface area contributed by atoms with Gasteiger partial charge in [0.2, 0.25) is 0 Å². The zero-order valence-electron chi connectivity index (χ0n) is 17.6. The number of nitrogens with zero attached hydrogens (tertiary/aromatic N) is 2. The van der Waals surface area contributed by atoms with Crippen molar-refractivity contribution in [3.63, 3.8) is 0 Å². The van der Waals surface area contributed by atoms with Gasteiger partial charge in [-0.05, 0) is 62.8 Å². The summed E-state index contributed by atoms with van der Waals surface area (Å²) in [4.78, 5) is 13.1. The predicted octanol–water partition coefficient (Wildman–Crippen LogP) is 4.70. The number of nitrogens with one attached hydrogen (secondary N) is 1. The van der Waals surface area contributed by atoms with Crippen molar-refractivity contribution in [3.8, 4) is 6.07 Å². The van der Waals surface area contributed by atoms with Crippen LogP contribution in [0.5, 0.6) is 0 Å². The number of rotatable bonds is 5. The molecule has 29 heavy (non-hydrogen) atoms. The third kappa shape index (κ3) is 6.47. The zero-order chi connectivity index (χ0) is 20.0. The molecule has 0 saturated carbocycles. The number of hydrogen-bond acceptors (Lipinski definition) is 2. The van der Waals surface area contributed by atoms with Gasteiger partial charge in [0.15, 0.2) is 6.54 Å². The van der Waals surface area contributed by atoms with Gasteiger partial charge in [0, 0.05) is 44.0 Å². The molecule has 4 nitrogen and oxygen atoms in total. The summed E-state index contributed by atoms with van der Waals surface area (Å²) in [6.45, 7) is 7.39. The molecule has 0 unspecified atom stereocenters. The van der Waals surface area contributed by atoms with Crippen LogP contribution in [0.2, 0.25) is 0 Å². The minimum Gasteiger partial charge on any atom is -0.321 e. The fourth-order valence-electron chi connectivity index (χ4n) is 4.41. The van der Waals surface area contributed by atoms with Gasteiger partial charge in [-0.25, -0.2) is 0 Å². The van der Waals surface area contributed by atoms with Gasteiger partial charge in [-0.3, -0.25) is 4.79 Å². The molecule has 0 aromatic heterocycles. The first-order chi connectivity index (χ1) is 13.5. The molecule has 1 amide bonds. The normalized spacial score (nSPS) is 15.5. The predicted molar refractivity (Wildman–Crippen MR) is 113 cm³/mol. The molecular formula is C24H30N3OY+. The number of nitriles is 1. The molecule has 149 valence electrons. The number of anilines is 1. The molecule has 0 spiro atoms. The van der Waals surface area contributed by atoms with E-state index in [2.05, 4.69) is 35.7 Å². The van der Waals surface area contributed by atoms with Crippen LogP contribution in [0.4, 0.5) is 5.69 Å². The molecule has 3 rings (SSSR count). The molecule has 5 heteroatoms. The summed E-state index contributed by atoms with van der Waals surface area (Å²) in [5.41, 5.74) is 4.65. The maximum Gasteiger partial charge on any atom is 0.279 e. The SMILES string of the molecule is Cc1cc(C#N)cc(C)c1NC(=O)C[N+]1(Cc2ccccc2)CCCCCC1.[Y]. The average Bonchev–Trinajstić information content (AvgIpc) is 2.90. The first-order valence-corrected chi connectivity index (χ1v) is 10.2. The van der Waals surface area contributed by atoms with Crippen LogP contribution in [0.15, 0.2) is 42.5 Å². The standard InChI is InChI=1S/C24H29N3O.Y/c1-19-14-22(16-25)15-20(2)24(19)26-23(28)18-27(12-8-3-4-9-13-27)17-21-10-6-5-7-11-21;/h5-7,10-11,14-15H,3-4,8-9,12-13,17-18H2,1-2H3;/p+1. The number of likely N-dealkylation sites (tertiary alicyclic amines) is 1. The molecule has 0 aliphatic carbocycles. The van der Waals surface area contributed by atoms with Crippen molar-refractivity contribution in [1.82, 2.24) is 0 Å². The largest absolute Gasteiger partial charge is 0.321 e. The monoisotopic (exact) mass is 465 g/mol. The second kappa shape index (κ2) is 11.0. The second-order valence-corrected chi connectivity index (χ2v) is 8.15. The quantitative estimate of drug-likeness (QED) is 0.651. The number of carbonyl (C=O) groups excluding carboxylic acids is 1. The minimum atomic E-state index is 0. The summed E-state index contributed by atoms with van der Waals surface area (Å²) in [7, 11) is 0. The van der Waals surface area contributed by atoms with Gasteiger partial charge < -0.3 is 9.80 Å². The summed E-state index contributed by atoms with van der Waals surface area (Å²) in [5.74, 6) is 0.0636. The second-order valence-electron chi connectivity index (χ2n) is 8.15. The fraction of sp³-hybridized carbons (Fsp3) is 0.417. The Balaban J connectivity index is 0.00000300. The summed E-state index contributed by atoms with van der Waals surface area (Å²) in [5, 5.41) is 12.3. The Hall–Kier alpha value is -1.54. The van der Waals surface area contributed by atoms with Crippen LogP contribution in [-0.4, -0.2) is 30.0 Å². The third-order valence-corrected chi connectivity index (χ3v) is 5.78. The van der Waals surface area contributed by atoms with E-state index >= 15 is 0 Å². The topological polar surface area (TPSA) is 52.9 Å². The van der Waals surface area contributed by atoms with E-state index in [9.17, 15) is 4.79 Å². The maximum absolute atomic E-state index is 13.1. The van der Waals surface area contributed by atoms with E-state index in [-0.39, 0.29) is 38.6 Å². The number of benzene rings is 2. The third-order valence-electron chi connectivity index (χ3n) is 5.78. The van der Waals surface area contributed by atoms with Crippen LogP contribution in [0.25, 0.3) is 0 Å². The van der Waals surface area contributed by atoms with Gasteiger partial charge in [0.25, 0.3) is 5.91 Å². The van der Waals surface area contributed by atoms with Gasteiger partial charge in [-0.15, -0.1) is 0 Å². The molecule has 1 saturated heterocycles. The number of amides is 1. The van der Waals surface area contributed by atoms with Crippen molar-refractivity contribution in [1.29, 1.82) is 5.26 Å². The Labute approximate surface area is 199 Å². The van der Waals surface area contributed by atoms with E-state index in [1.54, 1.807) is 0 Å². The Kier molecular flexibility index (Phi) is 9.02. The van der Waals surface area contributed by atoms with Crippen LogP contribution in [0, 0.1) is 25.2 Å². The van der Waals surface area contributed by atoms with Crippen LogP contribution < -0.4 is 5.32 Å². The minimum absolute atomic E-state index is 0. The van der Waals surface area contributed by atoms with Gasteiger partial charge in [0.1, 0.15) is 6.54 Å². The Bertz CT molecular complexity index is 842. The molecule has 2 aromatic carbocycles. The smallest absolute Gasteiger partial charge is 0.279 e. The van der Waals surface area contributed by atoms with Gasteiger partial charge in [-0.2, -0.15) is 5.26 Å². The van der Waals surface area contributed by atoms with Crippen molar-refractivity contribution in [3.05, 3.63) is 64.7 Å². The number of hydrogen-bond donors (Lipinski definition) is 1. The van der Waals surface area contributed by atoms with E-state index in [1.807, 2.05) is 32.0 Å². The molecule has 2 aromatic rings. The molecule has 1 aliphatic heterocycles. The van der Waals surface area contributed by atoms with Gasteiger partial charge >= 0.3 is 0 Å². The van der Waals surface area contributed by atoms with E-state index in [0.717, 1.165) is 40.9 Å². The number of carbonyl (C=O) groups is 1. The Morgan fingerprint density at radius 1 is 1.03 bits per heavy atom. The first kappa shape index (κ1) is 23.7. The molecule has 0 atom stereocenters. The van der Waals surface area contributed by atoms with E-state index in [0.29, 0.717) is 12.1 Å². The van der Waals surface area contributed by atoms with Crippen LogP contribution in [0.1, 0.15) is 47.9 Å². The van der Waals surface area contributed by atoms with E-state index in [4.69, 9.17) is 5.26 Å². The van der Waals surface area contributed by atoms with Crippen molar-refractivity contribution in [2.45, 2.75) is 46.1 Å². The van der Waals surface area contributed by atoms with E-state index < -0.39 is 0 Å². The van der Waals surface area contributed by atoms with Gasteiger partial charge in [-0.1, -0.05) is 30.3 Å².